The maximum absolute atomic E-state index is 13.4. The molecule has 4 nitrogen and oxygen atoms in total. The molecule has 1 amide bonds. The Kier molecular flexibility index (Phi) is 6.28. The van der Waals surface area contributed by atoms with Crippen LogP contribution in [0.1, 0.15) is 39.0 Å². The molecular formula is C27H26N2O2S. The Morgan fingerprint density at radius 3 is 2.31 bits per heavy atom. The first-order valence-corrected chi connectivity index (χ1v) is 11.5. The first kappa shape index (κ1) is 22.0. The number of nitrogens with zero attached hydrogens (tertiary/aromatic N) is 2. The maximum atomic E-state index is 13.4. The minimum Gasteiger partial charge on any atom is -0.294 e. The third-order valence-corrected chi connectivity index (χ3v) is 6.76. The lowest BCUT2D eigenvalue weighted by molar-refractivity contribution is -0.116. The van der Waals surface area contributed by atoms with Crippen molar-refractivity contribution in [2.24, 2.45) is 4.99 Å². The van der Waals surface area contributed by atoms with Crippen LogP contribution in [0.5, 0.6) is 0 Å². The summed E-state index contributed by atoms with van der Waals surface area (Å²) in [5.74, 6) is -0.135. The lowest BCUT2D eigenvalue weighted by atomic mass is 10.0. The zero-order chi connectivity index (χ0) is 22.8. The molecule has 3 aromatic carbocycles. The Morgan fingerprint density at radius 2 is 1.62 bits per heavy atom. The number of rotatable bonds is 5. The molecule has 1 aliphatic heterocycles. The highest BCUT2D eigenvalue weighted by atomic mass is 32.2. The van der Waals surface area contributed by atoms with Crippen molar-refractivity contribution in [2.45, 2.75) is 39.4 Å². The van der Waals surface area contributed by atoms with Gasteiger partial charge in [0.1, 0.15) is 0 Å². The predicted octanol–water partition coefficient (Wildman–Crippen LogP) is 6.33. The number of amides is 1. The van der Waals surface area contributed by atoms with Crippen molar-refractivity contribution in [1.82, 2.24) is 0 Å². The molecular weight excluding hydrogens is 416 g/mol. The average Bonchev–Trinajstić information content (AvgIpc) is 3.04. The molecule has 0 radical (unpaired) electrons. The van der Waals surface area contributed by atoms with E-state index in [1.54, 1.807) is 4.90 Å². The number of ketones is 1. The van der Waals surface area contributed by atoms with Gasteiger partial charge in [-0.05, 0) is 80.3 Å². The van der Waals surface area contributed by atoms with E-state index in [9.17, 15) is 9.59 Å². The van der Waals surface area contributed by atoms with Gasteiger partial charge in [-0.2, -0.15) is 0 Å². The Balaban J connectivity index is 1.67. The number of aryl methyl sites for hydroxylation is 4. The summed E-state index contributed by atoms with van der Waals surface area (Å²) in [4.78, 5) is 32.9. The van der Waals surface area contributed by atoms with E-state index >= 15 is 0 Å². The van der Waals surface area contributed by atoms with E-state index in [-0.39, 0.29) is 18.1 Å². The van der Waals surface area contributed by atoms with Gasteiger partial charge in [-0.3, -0.25) is 14.5 Å². The highest BCUT2D eigenvalue weighted by Crippen LogP contribution is 2.36. The van der Waals surface area contributed by atoms with Gasteiger partial charge >= 0.3 is 0 Å². The molecule has 0 bridgehead atoms. The number of carbonyl (C=O) groups is 2. The SMILES string of the molecule is Cc1cccc(N=C2SC(CC(=O)c3ccc(C)c(C)c3)C(=O)N2c2cccc(C)c2)c1. The molecule has 0 aliphatic carbocycles. The number of carbonyl (C=O) groups excluding carboxylic acids is 2. The largest absolute Gasteiger partial charge is 0.294 e. The van der Waals surface area contributed by atoms with Crippen molar-refractivity contribution in [2.75, 3.05) is 4.90 Å². The molecule has 1 heterocycles. The van der Waals surface area contributed by atoms with Crippen LogP contribution in [-0.2, 0) is 4.79 Å². The van der Waals surface area contributed by atoms with E-state index in [1.165, 1.54) is 11.8 Å². The fourth-order valence-electron chi connectivity index (χ4n) is 3.69. The van der Waals surface area contributed by atoms with E-state index in [4.69, 9.17) is 4.99 Å². The summed E-state index contributed by atoms with van der Waals surface area (Å²) in [5, 5.41) is 0.0947. The normalized spacial score (nSPS) is 17.2. The average molecular weight is 443 g/mol. The molecule has 1 unspecified atom stereocenters. The van der Waals surface area contributed by atoms with E-state index in [1.807, 2.05) is 94.4 Å². The van der Waals surface area contributed by atoms with Crippen molar-refractivity contribution >= 4 is 40.0 Å². The molecule has 1 fully saturated rings. The summed E-state index contributed by atoms with van der Waals surface area (Å²) >= 11 is 1.36. The molecule has 0 spiro atoms. The van der Waals surface area contributed by atoms with Crippen LogP contribution in [0, 0.1) is 27.7 Å². The predicted molar refractivity (Wildman–Crippen MR) is 133 cm³/mol. The molecule has 3 aromatic rings. The van der Waals surface area contributed by atoms with Gasteiger partial charge in [-0.15, -0.1) is 0 Å². The van der Waals surface area contributed by atoms with Crippen LogP contribution in [0.4, 0.5) is 11.4 Å². The first-order chi connectivity index (χ1) is 15.3. The van der Waals surface area contributed by atoms with Crippen LogP contribution in [0.3, 0.4) is 0 Å². The molecule has 4 rings (SSSR count). The molecule has 0 aromatic heterocycles. The highest BCUT2D eigenvalue weighted by Gasteiger charge is 2.40. The molecule has 32 heavy (non-hydrogen) atoms. The summed E-state index contributed by atoms with van der Waals surface area (Å²) in [6.45, 7) is 8.02. The Bertz CT molecular complexity index is 1230. The summed E-state index contributed by atoms with van der Waals surface area (Å²) < 4.78 is 0. The van der Waals surface area contributed by atoms with Crippen LogP contribution in [0.15, 0.2) is 71.7 Å². The quantitative estimate of drug-likeness (QED) is 0.434. The number of hydrogen-bond donors (Lipinski definition) is 0. The number of aliphatic imine (C=N–C) groups is 1. The van der Waals surface area contributed by atoms with Gasteiger partial charge < -0.3 is 0 Å². The zero-order valence-corrected chi connectivity index (χ0v) is 19.6. The third-order valence-electron chi connectivity index (χ3n) is 5.62. The molecule has 5 heteroatoms. The zero-order valence-electron chi connectivity index (χ0n) is 18.8. The summed E-state index contributed by atoms with van der Waals surface area (Å²) in [5.41, 5.74) is 6.59. The van der Waals surface area contributed by atoms with Gasteiger partial charge in [0.2, 0.25) is 5.91 Å². The van der Waals surface area contributed by atoms with Crippen LogP contribution >= 0.6 is 11.8 Å². The standard InChI is InChI=1S/C27H26N2O2S/c1-17-7-5-9-22(13-17)28-27-29(23-10-6-8-18(2)14-23)26(31)25(32-27)16-24(30)21-12-11-19(3)20(4)15-21/h5-15,25H,16H2,1-4H3. The third kappa shape index (κ3) is 4.68. The molecule has 0 N–H and O–H groups in total. The maximum Gasteiger partial charge on any atom is 0.247 e. The molecule has 162 valence electrons. The van der Waals surface area contributed by atoms with Gasteiger partial charge in [0.05, 0.1) is 16.6 Å². The number of anilines is 1. The van der Waals surface area contributed by atoms with Gasteiger partial charge in [-0.1, -0.05) is 48.2 Å². The van der Waals surface area contributed by atoms with Gasteiger partial charge in [0.25, 0.3) is 0 Å². The van der Waals surface area contributed by atoms with Crippen molar-refractivity contribution < 1.29 is 9.59 Å². The second kappa shape index (κ2) is 9.13. The topological polar surface area (TPSA) is 49.7 Å². The summed E-state index contributed by atoms with van der Waals surface area (Å²) in [6, 6.07) is 21.4. The highest BCUT2D eigenvalue weighted by molar-refractivity contribution is 8.16. The first-order valence-electron chi connectivity index (χ1n) is 10.6. The second-order valence-corrected chi connectivity index (χ2v) is 9.45. The van der Waals surface area contributed by atoms with Crippen molar-refractivity contribution in [3.05, 3.63) is 94.5 Å². The molecule has 1 aliphatic rings. The number of thioether (sulfide) groups is 1. The fraction of sp³-hybridized carbons (Fsp3) is 0.222. The van der Waals surface area contributed by atoms with Crippen LogP contribution < -0.4 is 4.90 Å². The molecule has 0 saturated carbocycles. The van der Waals surface area contributed by atoms with E-state index in [0.29, 0.717) is 10.7 Å². The number of Topliss-reactive ketones (excluding diaryl/α,β-unsaturated/α-hetero) is 1. The molecule has 1 atom stereocenters. The van der Waals surface area contributed by atoms with E-state index < -0.39 is 5.25 Å². The minimum atomic E-state index is -0.506. The van der Waals surface area contributed by atoms with Crippen molar-refractivity contribution in [3.63, 3.8) is 0 Å². The number of benzene rings is 3. The lowest BCUT2D eigenvalue weighted by Crippen LogP contribution is -2.32. The van der Waals surface area contributed by atoms with E-state index in [2.05, 4.69) is 0 Å². The Labute approximate surface area is 193 Å². The van der Waals surface area contributed by atoms with Gasteiger partial charge in [0, 0.05) is 12.0 Å². The fourth-order valence-corrected chi connectivity index (χ4v) is 4.84. The Morgan fingerprint density at radius 1 is 0.906 bits per heavy atom. The summed E-state index contributed by atoms with van der Waals surface area (Å²) in [7, 11) is 0. The number of amidine groups is 1. The summed E-state index contributed by atoms with van der Waals surface area (Å²) in [6.07, 6.45) is 0.140. The van der Waals surface area contributed by atoms with Crippen molar-refractivity contribution in [1.29, 1.82) is 0 Å². The Hall–Kier alpha value is -3.18. The lowest BCUT2D eigenvalue weighted by Gasteiger charge is -2.17. The van der Waals surface area contributed by atoms with E-state index in [0.717, 1.165) is 33.6 Å². The van der Waals surface area contributed by atoms with Crippen molar-refractivity contribution in [3.8, 4) is 0 Å². The second-order valence-electron chi connectivity index (χ2n) is 8.28. The van der Waals surface area contributed by atoms with Gasteiger partial charge in [0.15, 0.2) is 11.0 Å². The minimum absolute atomic E-state index is 0.0278. The van der Waals surface area contributed by atoms with Crippen LogP contribution in [0.2, 0.25) is 0 Å². The number of hydrogen-bond acceptors (Lipinski definition) is 4. The molecule has 1 saturated heterocycles. The monoisotopic (exact) mass is 442 g/mol. The smallest absolute Gasteiger partial charge is 0.247 e. The van der Waals surface area contributed by atoms with Crippen LogP contribution in [0.25, 0.3) is 0 Å². The van der Waals surface area contributed by atoms with Gasteiger partial charge in [-0.25, -0.2) is 4.99 Å². The van der Waals surface area contributed by atoms with Crippen LogP contribution in [-0.4, -0.2) is 22.1 Å².